The molecule has 0 heterocycles. The van der Waals surface area contributed by atoms with Crippen LogP contribution < -0.4 is 10.6 Å². The third kappa shape index (κ3) is 8.98. The predicted molar refractivity (Wildman–Crippen MR) is 105 cm³/mol. The van der Waals surface area contributed by atoms with Gasteiger partial charge in [0, 0.05) is 12.6 Å². The van der Waals surface area contributed by atoms with Gasteiger partial charge in [-0.05, 0) is 50.3 Å². The predicted octanol–water partition coefficient (Wildman–Crippen LogP) is 4.03. The van der Waals surface area contributed by atoms with Crippen LogP contribution in [0.15, 0.2) is 23.2 Å². The molecule has 0 saturated carbocycles. The van der Waals surface area contributed by atoms with Crippen molar-refractivity contribution in [1.29, 1.82) is 0 Å². The Morgan fingerprint density at radius 2 is 1.96 bits per heavy atom. The van der Waals surface area contributed by atoms with Crippen molar-refractivity contribution in [2.24, 2.45) is 10.9 Å². The summed E-state index contributed by atoms with van der Waals surface area (Å²) in [5, 5.41) is 15.8. The molecule has 0 spiro atoms. The summed E-state index contributed by atoms with van der Waals surface area (Å²) in [6, 6.07) is 4.67. The number of hydrogen-bond donors (Lipinski definition) is 3. The van der Waals surface area contributed by atoms with Gasteiger partial charge in [-0.1, -0.05) is 19.9 Å². The lowest BCUT2D eigenvalue weighted by Gasteiger charge is -2.18. The molecule has 1 unspecified atom stereocenters. The number of phenols is 1. The van der Waals surface area contributed by atoms with Gasteiger partial charge in [-0.25, -0.2) is 9.38 Å². The molecule has 0 amide bonds. The molecule has 6 heteroatoms. The van der Waals surface area contributed by atoms with Crippen LogP contribution in [0.4, 0.5) is 4.39 Å². The first-order valence-corrected chi connectivity index (χ1v) is 7.94. The van der Waals surface area contributed by atoms with Gasteiger partial charge < -0.3 is 15.7 Å². The fraction of sp³-hybridized carbons (Fsp3) is 0.588. The normalized spacial score (nSPS) is 12.7. The first kappa shape index (κ1) is 21.9. The fourth-order valence-electron chi connectivity index (χ4n) is 2.03. The first-order chi connectivity index (χ1) is 10.4. The topological polar surface area (TPSA) is 56.7 Å². The van der Waals surface area contributed by atoms with Crippen molar-refractivity contribution < 1.29 is 9.50 Å². The molecule has 1 atom stereocenters. The highest BCUT2D eigenvalue weighted by Crippen LogP contribution is 2.16. The van der Waals surface area contributed by atoms with E-state index in [1.54, 1.807) is 6.07 Å². The smallest absolute Gasteiger partial charge is 0.191 e. The summed E-state index contributed by atoms with van der Waals surface area (Å²) >= 11 is 0. The SMILES string of the molecule is CCNC(=NCc1ccc(O)c(F)c1)NC(C)CCC(C)C.I. The van der Waals surface area contributed by atoms with Gasteiger partial charge in [0.05, 0.1) is 6.54 Å². The first-order valence-electron chi connectivity index (χ1n) is 7.94. The molecule has 0 aliphatic carbocycles. The summed E-state index contributed by atoms with van der Waals surface area (Å²) in [4.78, 5) is 4.47. The summed E-state index contributed by atoms with van der Waals surface area (Å²) in [5.41, 5.74) is 0.724. The van der Waals surface area contributed by atoms with Crippen LogP contribution in [0.25, 0.3) is 0 Å². The number of nitrogens with one attached hydrogen (secondary N) is 2. The Morgan fingerprint density at radius 3 is 2.52 bits per heavy atom. The van der Waals surface area contributed by atoms with Crippen molar-refractivity contribution in [2.45, 2.75) is 53.1 Å². The number of aromatic hydroxyl groups is 1. The minimum atomic E-state index is -0.615. The highest BCUT2D eigenvalue weighted by Gasteiger charge is 2.07. The second-order valence-corrected chi connectivity index (χ2v) is 6.00. The largest absolute Gasteiger partial charge is 0.505 e. The molecule has 1 rings (SSSR count). The lowest BCUT2D eigenvalue weighted by molar-refractivity contribution is 0.432. The van der Waals surface area contributed by atoms with Crippen molar-refractivity contribution in [2.75, 3.05) is 6.54 Å². The molecule has 0 saturated heterocycles. The van der Waals surface area contributed by atoms with E-state index >= 15 is 0 Å². The third-order valence-electron chi connectivity index (χ3n) is 3.34. The molecular formula is C17H29FIN3O. The zero-order valence-corrected chi connectivity index (χ0v) is 16.7. The fourth-order valence-corrected chi connectivity index (χ4v) is 2.03. The highest BCUT2D eigenvalue weighted by atomic mass is 127. The number of guanidine groups is 1. The summed E-state index contributed by atoms with van der Waals surface area (Å²) in [6.45, 7) is 9.71. The van der Waals surface area contributed by atoms with Crippen LogP contribution in [0.2, 0.25) is 0 Å². The van der Waals surface area contributed by atoms with E-state index in [2.05, 4.69) is 36.4 Å². The van der Waals surface area contributed by atoms with Gasteiger partial charge in [-0.3, -0.25) is 0 Å². The third-order valence-corrected chi connectivity index (χ3v) is 3.34. The number of nitrogens with zero attached hydrogens (tertiary/aromatic N) is 1. The van der Waals surface area contributed by atoms with E-state index in [0.29, 0.717) is 18.5 Å². The number of benzene rings is 1. The minimum Gasteiger partial charge on any atom is -0.505 e. The maximum atomic E-state index is 13.3. The molecule has 0 aliphatic rings. The molecule has 0 fully saturated rings. The van der Waals surface area contributed by atoms with E-state index < -0.39 is 5.82 Å². The van der Waals surface area contributed by atoms with Gasteiger partial charge in [0.1, 0.15) is 0 Å². The standard InChI is InChI=1S/C17H28FN3O.HI/c1-5-19-17(21-13(4)7-6-12(2)3)20-11-14-8-9-16(22)15(18)10-14;/h8-10,12-13,22H,5-7,11H2,1-4H3,(H2,19,20,21);1H. The van der Waals surface area contributed by atoms with Crippen molar-refractivity contribution in [1.82, 2.24) is 10.6 Å². The number of rotatable bonds is 7. The van der Waals surface area contributed by atoms with E-state index in [1.165, 1.54) is 12.1 Å². The number of aliphatic imine (C=N–C) groups is 1. The molecule has 0 radical (unpaired) electrons. The molecule has 132 valence electrons. The summed E-state index contributed by atoms with van der Waals surface area (Å²) in [6.07, 6.45) is 2.24. The lowest BCUT2D eigenvalue weighted by Crippen LogP contribution is -2.42. The van der Waals surface area contributed by atoms with Gasteiger partial charge in [-0.15, -0.1) is 24.0 Å². The van der Waals surface area contributed by atoms with Gasteiger partial charge in [0.25, 0.3) is 0 Å². The van der Waals surface area contributed by atoms with Crippen molar-refractivity contribution in [3.05, 3.63) is 29.6 Å². The molecular weight excluding hydrogens is 408 g/mol. The van der Waals surface area contributed by atoms with Gasteiger partial charge in [0.15, 0.2) is 17.5 Å². The Balaban J connectivity index is 0.00000484. The van der Waals surface area contributed by atoms with E-state index in [4.69, 9.17) is 0 Å². The number of halogens is 2. The lowest BCUT2D eigenvalue weighted by atomic mass is 10.0. The zero-order chi connectivity index (χ0) is 16.5. The monoisotopic (exact) mass is 437 g/mol. The van der Waals surface area contributed by atoms with Gasteiger partial charge in [0.2, 0.25) is 0 Å². The van der Waals surface area contributed by atoms with Crippen molar-refractivity contribution in [3.63, 3.8) is 0 Å². The molecule has 0 aliphatic heterocycles. The van der Waals surface area contributed by atoms with Crippen LogP contribution in [0.1, 0.15) is 46.1 Å². The van der Waals surface area contributed by atoms with Crippen LogP contribution in [0, 0.1) is 11.7 Å². The molecule has 0 aromatic heterocycles. The van der Waals surface area contributed by atoms with E-state index in [9.17, 15) is 9.50 Å². The Hall–Kier alpha value is -1.05. The maximum Gasteiger partial charge on any atom is 0.191 e. The maximum absolute atomic E-state index is 13.3. The van der Waals surface area contributed by atoms with E-state index in [0.717, 1.165) is 30.9 Å². The van der Waals surface area contributed by atoms with E-state index in [1.807, 2.05) is 6.92 Å². The molecule has 4 nitrogen and oxygen atoms in total. The van der Waals surface area contributed by atoms with Crippen molar-refractivity contribution >= 4 is 29.9 Å². The summed E-state index contributed by atoms with van der Waals surface area (Å²) < 4.78 is 13.3. The average molecular weight is 437 g/mol. The zero-order valence-electron chi connectivity index (χ0n) is 14.4. The van der Waals surface area contributed by atoms with Crippen LogP contribution in [-0.4, -0.2) is 23.7 Å². The van der Waals surface area contributed by atoms with Crippen LogP contribution in [0.5, 0.6) is 5.75 Å². The quantitative estimate of drug-likeness (QED) is 0.343. The Bertz CT molecular complexity index is 495. The molecule has 3 N–H and O–H groups in total. The highest BCUT2D eigenvalue weighted by molar-refractivity contribution is 14.0. The van der Waals surface area contributed by atoms with Crippen LogP contribution >= 0.6 is 24.0 Å². The minimum absolute atomic E-state index is 0. The average Bonchev–Trinajstić information content (AvgIpc) is 2.46. The molecule has 1 aromatic carbocycles. The number of phenolic OH excluding ortho intramolecular Hbond substituents is 1. The Labute approximate surface area is 156 Å². The Morgan fingerprint density at radius 1 is 1.26 bits per heavy atom. The summed E-state index contributed by atoms with van der Waals surface area (Å²) in [5.74, 6) is 0.465. The van der Waals surface area contributed by atoms with Crippen LogP contribution in [-0.2, 0) is 6.54 Å². The molecule has 23 heavy (non-hydrogen) atoms. The summed E-state index contributed by atoms with van der Waals surface area (Å²) in [7, 11) is 0. The van der Waals surface area contributed by atoms with Gasteiger partial charge >= 0.3 is 0 Å². The second-order valence-electron chi connectivity index (χ2n) is 6.00. The molecule has 0 bridgehead atoms. The second kappa shape index (κ2) is 11.5. The van der Waals surface area contributed by atoms with Crippen LogP contribution in [0.3, 0.4) is 0 Å². The molecule has 1 aromatic rings. The van der Waals surface area contributed by atoms with E-state index in [-0.39, 0.29) is 29.7 Å². The van der Waals surface area contributed by atoms with Gasteiger partial charge in [-0.2, -0.15) is 0 Å². The Kier molecular flexibility index (Phi) is 11.0. The number of hydrogen-bond acceptors (Lipinski definition) is 2. The van der Waals surface area contributed by atoms with Crippen molar-refractivity contribution in [3.8, 4) is 5.75 Å².